The van der Waals surface area contributed by atoms with Crippen LogP contribution in [0.4, 0.5) is 0 Å². The number of amides is 1. The van der Waals surface area contributed by atoms with Gasteiger partial charge in [0.25, 0.3) is 5.91 Å². The molecule has 4 rings (SSSR count). The smallest absolute Gasteiger partial charge is 0.276 e. The van der Waals surface area contributed by atoms with Crippen LogP contribution in [-0.4, -0.2) is 49.9 Å². The predicted molar refractivity (Wildman–Crippen MR) is 114 cm³/mol. The second kappa shape index (κ2) is 8.89. The first kappa shape index (κ1) is 20.4. The van der Waals surface area contributed by atoms with E-state index in [1.807, 2.05) is 24.3 Å². The number of carbonyl (C=O) groups is 1. The third kappa shape index (κ3) is 4.20. The van der Waals surface area contributed by atoms with Crippen LogP contribution in [0.1, 0.15) is 22.2 Å². The molecule has 156 valence electrons. The fraction of sp³-hybridized carbons (Fsp3) is 0.273. The van der Waals surface area contributed by atoms with Gasteiger partial charge in [-0.2, -0.15) is 0 Å². The van der Waals surface area contributed by atoms with Crippen LogP contribution in [0.3, 0.4) is 0 Å². The Morgan fingerprint density at radius 2 is 1.93 bits per heavy atom. The summed E-state index contributed by atoms with van der Waals surface area (Å²) in [5.41, 5.74) is 1.93. The monoisotopic (exact) mass is 472 g/mol. The topological polar surface area (TPSA) is 74.0 Å². The van der Waals surface area contributed by atoms with E-state index in [0.717, 1.165) is 10.0 Å². The molecule has 1 aliphatic heterocycles. The Morgan fingerprint density at radius 3 is 2.67 bits per heavy atom. The lowest BCUT2D eigenvalue weighted by atomic mass is 10.1. The lowest BCUT2D eigenvalue weighted by Gasteiger charge is -2.32. The number of rotatable bonds is 5. The van der Waals surface area contributed by atoms with Crippen LogP contribution in [-0.2, 0) is 4.74 Å². The summed E-state index contributed by atoms with van der Waals surface area (Å²) in [6.07, 6.45) is -0.180. The first-order chi connectivity index (χ1) is 14.6. The second-order valence-electron chi connectivity index (χ2n) is 6.80. The van der Waals surface area contributed by atoms with Gasteiger partial charge < -0.3 is 23.6 Å². The van der Waals surface area contributed by atoms with Crippen molar-refractivity contribution in [2.24, 2.45) is 0 Å². The summed E-state index contributed by atoms with van der Waals surface area (Å²) in [5, 5.41) is 4.00. The Labute approximate surface area is 182 Å². The number of carbonyl (C=O) groups excluding carboxylic acids is 1. The zero-order valence-corrected chi connectivity index (χ0v) is 18.2. The van der Waals surface area contributed by atoms with Crippen molar-refractivity contribution in [1.82, 2.24) is 10.1 Å². The van der Waals surface area contributed by atoms with E-state index >= 15 is 0 Å². The van der Waals surface area contributed by atoms with Crippen molar-refractivity contribution in [3.8, 4) is 22.8 Å². The van der Waals surface area contributed by atoms with Crippen LogP contribution in [0.5, 0.6) is 11.5 Å². The number of aromatic nitrogens is 1. The van der Waals surface area contributed by atoms with E-state index < -0.39 is 0 Å². The van der Waals surface area contributed by atoms with E-state index in [1.54, 1.807) is 43.4 Å². The lowest BCUT2D eigenvalue weighted by Crippen LogP contribution is -2.42. The molecule has 0 aliphatic carbocycles. The van der Waals surface area contributed by atoms with Crippen LogP contribution in [0.15, 0.2) is 57.5 Å². The molecule has 1 saturated heterocycles. The molecule has 7 nitrogen and oxygen atoms in total. The molecule has 1 atom stereocenters. The Balaban J connectivity index is 1.53. The van der Waals surface area contributed by atoms with E-state index in [1.165, 1.54) is 0 Å². The van der Waals surface area contributed by atoms with Crippen molar-refractivity contribution in [2.75, 3.05) is 33.9 Å². The molecule has 0 N–H and O–H groups in total. The molecular weight excluding hydrogens is 452 g/mol. The number of methoxy groups -OCH3 is 2. The molecule has 0 bridgehead atoms. The molecule has 0 spiro atoms. The highest BCUT2D eigenvalue weighted by Gasteiger charge is 2.28. The predicted octanol–water partition coefficient (Wildman–Crippen LogP) is 4.34. The van der Waals surface area contributed by atoms with Gasteiger partial charge in [-0.1, -0.05) is 33.2 Å². The van der Waals surface area contributed by atoms with E-state index in [0.29, 0.717) is 42.5 Å². The van der Waals surface area contributed by atoms with Gasteiger partial charge in [0.15, 0.2) is 11.5 Å². The van der Waals surface area contributed by atoms with Gasteiger partial charge in [-0.25, -0.2) is 0 Å². The fourth-order valence-electron chi connectivity index (χ4n) is 3.38. The summed E-state index contributed by atoms with van der Waals surface area (Å²) in [4.78, 5) is 14.8. The zero-order valence-electron chi connectivity index (χ0n) is 16.6. The first-order valence-electron chi connectivity index (χ1n) is 9.44. The summed E-state index contributed by atoms with van der Waals surface area (Å²) in [7, 11) is 3.16. The van der Waals surface area contributed by atoms with Crippen LogP contribution < -0.4 is 9.47 Å². The quantitative estimate of drug-likeness (QED) is 0.549. The zero-order chi connectivity index (χ0) is 21.1. The normalized spacial score (nSPS) is 16.4. The van der Waals surface area contributed by atoms with Crippen molar-refractivity contribution in [3.63, 3.8) is 0 Å². The number of nitrogens with zero attached hydrogens (tertiary/aromatic N) is 2. The Hall–Kier alpha value is -2.84. The van der Waals surface area contributed by atoms with Gasteiger partial charge in [0.2, 0.25) is 0 Å². The molecule has 1 fully saturated rings. The van der Waals surface area contributed by atoms with Crippen LogP contribution in [0.2, 0.25) is 0 Å². The maximum absolute atomic E-state index is 13.0. The van der Waals surface area contributed by atoms with E-state index in [4.69, 9.17) is 18.7 Å². The summed E-state index contributed by atoms with van der Waals surface area (Å²) in [6.45, 7) is 1.41. The lowest BCUT2D eigenvalue weighted by molar-refractivity contribution is -0.0231. The summed E-state index contributed by atoms with van der Waals surface area (Å²) >= 11 is 3.44. The van der Waals surface area contributed by atoms with Gasteiger partial charge in [-0.05, 0) is 35.9 Å². The Bertz CT molecular complexity index is 1030. The van der Waals surface area contributed by atoms with Crippen LogP contribution >= 0.6 is 15.9 Å². The number of halogens is 1. The maximum atomic E-state index is 13.0. The molecular formula is C22H21BrN2O5. The average Bonchev–Trinajstić information content (AvgIpc) is 3.29. The molecule has 1 unspecified atom stereocenters. The van der Waals surface area contributed by atoms with Gasteiger partial charge in [0, 0.05) is 17.1 Å². The standard InChI is InChI=1S/C22H21BrN2O5/c1-27-16-7-8-19(28-2)17(11-16)20-12-18(24-30-20)22(26)25-9-10-29-21(13-25)14-3-5-15(23)6-4-14/h3-8,11-12,21H,9-10,13H2,1-2H3. The van der Waals surface area contributed by atoms with Gasteiger partial charge in [0.05, 0.1) is 32.9 Å². The third-order valence-electron chi connectivity index (χ3n) is 5.00. The highest BCUT2D eigenvalue weighted by molar-refractivity contribution is 9.10. The van der Waals surface area contributed by atoms with Crippen molar-refractivity contribution in [1.29, 1.82) is 0 Å². The Kier molecular flexibility index (Phi) is 6.06. The summed E-state index contributed by atoms with van der Waals surface area (Å²) in [5.74, 6) is 1.50. The molecule has 2 heterocycles. The highest BCUT2D eigenvalue weighted by Crippen LogP contribution is 2.34. The molecule has 1 amide bonds. The minimum atomic E-state index is -0.197. The fourth-order valence-corrected chi connectivity index (χ4v) is 3.65. The largest absolute Gasteiger partial charge is 0.497 e. The van der Waals surface area contributed by atoms with Crippen LogP contribution in [0.25, 0.3) is 11.3 Å². The van der Waals surface area contributed by atoms with Gasteiger partial charge in [-0.15, -0.1) is 0 Å². The minimum absolute atomic E-state index is 0.180. The SMILES string of the molecule is COc1ccc(OC)c(-c2cc(C(=O)N3CCOC(c4ccc(Br)cc4)C3)no2)c1. The van der Waals surface area contributed by atoms with Crippen molar-refractivity contribution < 1.29 is 23.5 Å². The first-order valence-corrected chi connectivity index (χ1v) is 10.2. The van der Waals surface area contributed by atoms with Gasteiger partial charge in [0.1, 0.15) is 17.6 Å². The number of morpholine rings is 1. The second-order valence-corrected chi connectivity index (χ2v) is 7.72. The summed E-state index contributed by atoms with van der Waals surface area (Å²) < 4.78 is 23.0. The maximum Gasteiger partial charge on any atom is 0.276 e. The molecule has 0 radical (unpaired) electrons. The number of hydrogen-bond acceptors (Lipinski definition) is 6. The molecule has 0 saturated carbocycles. The molecule has 2 aromatic carbocycles. The number of ether oxygens (including phenoxy) is 3. The molecule has 8 heteroatoms. The third-order valence-corrected chi connectivity index (χ3v) is 5.53. The van der Waals surface area contributed by atoms with Crippen molar-refractivity contribution in [2.45, 2.75) is 6.10 Å². The number of hydrogen-bond donors (Lipinski definition) is 0. The van der Waals surface area contributed by atoms with Crippen LogP contribution in [0, 0.1) is 0 Å². The van der Waals surface area contributed by atoms with E-state index in [-0.39, 0.29) is 17.7 Å². The van der Waals surface area contributed by atoms with E-state index in [9.17, 15) is 4.79 Å². The van der Waals surface area contributed by atoms with Gasteiger partial charge >= 0.3 is 0 Å². The average molecular weight is 473 g/mol. The van der Waals surface area contributed by atoms with Gasteiger partial charge in [-0.3, -0.25) is 4.79 Å². The van der Waals surface area contributed by atoms with E-state index in [2.05, 4.69) is 21.1 Å². The molecule has 30 heavy (non-hydrogen) atoms. The highest BCUT2D eigenvalue weighted by atomic mass is 79.9. The van der Waals surface area contributed by atoms with Crippen molar-refractivity contribution in [3.05, 3.63) is 64.3 Å². The molecule has 1 aliphatic rings. The Morgan fingerprint density at radius 1 is 1.13 bits per heavy atom. The molecule has 1 aromatic heterocycles. The summed E-state index contributed by atoms with van der Waals surface area (Å²) in [6, 6.07) is 14.9. The number of benzene rings is 2. The van der Waals surface area contributed by atoms with Crippen molar-refractivity contribution >= 4 is 21.8 Å². The molecule has 3 aromatic rings. The minimum Gasteiger partial charge on any atom is -0.497 e.